The van der Waals surface area contributed by atoms with E-state index in [1.807, 2.05) is 24.1 Å². The van der Waals surface area contributed by atoms with Gasteiger partial charge in [0.2, 0.25) is 11.9 Å². The number of carbonyl (C=O) groups excluding carboxylic acids is 1. The predicted octanol–water partition coefficient (Wildman–Crippen LogP) is 3.84. The molecule has 0 radical (unpaired) electrons. The fraction of sp³-hybridized carbons (Fsp3) is 0.500. The minimum absolute atomic E-state index is 0.0199. The van der Waals surface area contributed by atoms with Crippen LogP contribution < -0.4 is 15.1 Å². The van der Waals surface area contributed by atoms with Crippen molar-refractivity contribution in [2.75, 3.05) is 53.3 Å². The fourth-order valence-corrected chi connectivity index (χ4v) is 7.88. The van der Waals surface area contributed by atoms with Crippen molar-refractivity contribution in [3.05, 3.63) is 54.9 Å². The van der Waals surface area contributed by atoms with Gasteiger partial charge in [0.05, 0.1) is 17.4 Å². The summed E-state index contributed by atoms with van der Waals surface area (Å²) < 4.78 is 24.2. The maximum atomic E-state index is 12.6. The fourth-order valence-electron chi connectivity index (χ4n) is 6.64. The zero-order chi connectivity index (χ0) is 31.4. The number of aromatic nitrogens is 3. The predicted molar refractivity (Wildman–Crippen MR) is 173 cm³/mol. The van der Waals surface area contributed by atoms with E-state index in [1.54, 1.807) is 12.3 Å². The van der Waals surface area contributed by atoms with Crippen LogP contribution in [-0.2, 0) is 14.6 Å². The first-order valence-corrected chi connectivity index (χ1v) is 17.2. The van der Waals surface area contributed by atoms with Gasteiger partial charge in [0.15, 0.2) is 0 Å². The lowest BCUT2D eigenvalue weighted by Gasteiger charge is -2.57. The Hall–Kier alpha value is -3.77. The van der Waals surface area contributed by atoms with Crippen molar-refractivity contribution in [2.45, 2.75) is 57.2 Å². The van der Waals surface area contributed by atoms with Crippen LogP contribution in [0.3, 0.4) is 0 Å². The van der Waals surface area contributed by atoms with Gasteiger partial charge in [-0.3, -0.25) is 4.79 Å². The Kier molecular flexibility index (Phi) is 7.56. The molecule has 0 spiro atoms. The molecule has 44 heavy (non-hydrogen) atoms. The van der Waals surface area contributed by atoms with Crippen molar-refractivity contribution in [3.63, 3.8) is 0 Å². The monoisotopic (exact) mass is 619 g/mol. The Balaban J connectivity index is 1.34. The summed E-state index contributed by atoms with van der Waals surface area (Å²) in [5.74, 6) is 1.90. The molecule has 234 valence electrons. The van der Waals surface area contributed by atoms with Crippen LogP contribution in [0.2, 0.25) is 0 Å². The first kappa shape index (κ1) is 30.3. The SMILES string of the molecule is C=CC(=O)N1CC[C@@H]1c1ccc(N2C[C@H](CS(C)(=O)=O)C2(C)C)c2cnc(Nc3ccnc(N4CCC(C)(O)CC4)n3)cc12. The second-order valence-electron chi connectivity index (χ2n) is 13.2. The number of aliphatic hydroxyl groups is 1. The van der Waals surface area contributed by atoms with Gasteiger partial charge in [-0.25, -0.2) is 18.4 Å². The molecule has 3 aliphatic heterocycles. The highest BCUT2D eigenvalue weighted by Crippen LogP contribution is 2.46. The lowest BCUT2D eigenvalue weighted by molar-refractivity contribution is -0.133. The van der Waals surface area contributed by atoms with Crippen LogP contribution in [0.5, 0.6) is 0 Å². The van der Waals surface area contributed by atoms with E-state index in [0.717, 1.165) is 28.4 Å². The van der Waals surface area contributed by atoms with Crippen molar-refractivity contribution >= 4 is 49.8 Å². The van der Waals surface area contributed by atoms with Crippen LogP contribution in [0.25, 0.3) is 10.8 Å². The molecule has 3 aromatic rings. The molecular weight excluding hydrogens is 578 g/mol. The minimum atomic E-state index is -3.10. The number of amides is 1. The van der Waals surface area contributed by atoms with E-state index in [4.69, 9.17) is 9.97 Å². The number of likely N-dealkylation sites (tertiary alicyclic amines) is 1. The average Bonchev–Trinajstić information content (AvgIpc) is 2.94. The molecule has 1 amide bonds. The van der Waals surface area contributed by atoms with Crippen LogP contribution >= 0.6 is 0 Å². The smallest absolute Gasteiger partial charge is 0.246 e. The number of sulfone groups is 1. The van der Waals surface area contributed by atoms with Gasteiger partial charge >= 0.3 is 0 Å². The molecule has 3 saturated heterocycles. The molecule has 2 N–H and O–H groups in total. The van der Waals surface area contributed by atoms with Crippen molar-refractivity contribution in [3.8, 4) is 0 Å². The summed E-state index contributed by atoms with van der Waals surface area (Å²) in [5.41, 5.74) is 1.01. The highest BCUT2D eigenvalue weighted by Gasteiger charge is 2.48. The molecule has 6 rings (SSSR count). The van der Waals surface area contributed by atoms with Crippen molar-refractivity contribution < 1.29 is 18.3 Å². The minimum Gasteiger partial charge on any atom is -0.390 e. The molecule has 2 atom stereocenters. The van der Waals surface area contributed by atoms with E-state index in [1.165, 1.54) is 12.3 Å². The summed E-state index contributed by atoms with van der Waals surface area (Å²) >= 11 is 0. The molecule has 0 bridgehead atoms. The number of carbonyl (C=O) groups is 1. The number of hydrogen-bond donors (Lipinski definition) is 2. The number of anilines is 4. The van der Waals surface area contributed by atoms with Crippen molar-refractivity contribution in [2.24, 2.45) is 5.92 Å². The van der Waals surface area contributed by atoms with Gasteiger partial charge in [-0.1, -0.05) is 12.6 Å². The highest BCUT2D eigenvalue weighted by atomic mass is 32.2. The average molecular weight is 620 g/mol. The van der Waals surface area contributed by atoms with Gasteiger partial charge in [0, 0.05) is 67.4 Å². The highest BCUT2D eigenvalue weighted by molar-refractivity contribution is 7.90. The van der Waals surface area contributed by atoms with Crippen LogP contribution in [0.1, 0.15) is 51.6 Å². The van der Waals surface area contributed by atoms with E-state index in [2.05, 4.69) is 52.7 Å². The molecule has 0 unspecified atom stereocenters. The Labute approximate surface area is 258 Å². The largest absolute Gasteiger partial charge is 0.390 e. The first-order valence-electron chi connectivity index (χ1n) is 15.1. The van der Waals surface area contributed by atoms with Gasteiger partial charge in [0.1, 0.15) is 21.5 Å². The first-order chi connectivity index (χ1) is 20.8. The number of fused-ring (bicyclic) bond motifs is 1. The molecule has 0 aliphatic carbocycles. The Bertz CT molecular complexity index is 1710. The molecule has 12 heteroatoms. The summed E-state index contributed by atoms with van der Waals surface area (Å²) in [7, 11) is -3.10. The maximum absolute atomic E-state index is 12.6. The van der Waals surface area contributed by atoms with Crippen molar-refractivity contribution in [1.82, 2.24) is 19.9 Å². The van der Waals surface area contributed by atoms with Crippen LogP contribution in [0.15, 0.2) is 49.3 Å². The molecule has 0 saturated carbocycles. The third kappa shape index (κ3) is 5.72. The number of piperidine rings is 1. The number of nitrogens with zero attached hydrogens (tertiary/aromatic N) is 6. The number of hydrogen-bond acceptors (Lipinski definition) is 10. The Morgan fingerprint density at radius 2 is 1.86 bits per heavy atom. The van der Waals surface area contributed by atoms with Gasteiger partial charge in [-0.05, 0) is 75.3 Å². The molecule has 5 heterocycles. The molecule has 3 fully saturated rings. The standard InChI is InChI=1S/C32H41N7O4S/c1-6-29(40)38-14-10-25(38)22-7-8-26(39-19-21(31(39,2)3)20-44(5,42)43)24-18-34-28(17-23(22)24)35-27-9-13-33-30(36-27)37-15-11-32(4,41)12-16-37/h6-9,13,17-18,21,25,41H,1,10-12,14-16,19-20H2,2-5H3,(H,33,34,35,36)/t21-,25-/m1/s1. The summed E-state index contributed by atoms with van der Waals surface area (Å²) in [5, 5.41) is 15.6. The number of benzene rings is 1. The van der Waals surface area contributed by atoms with E-state index in [9.17, 15) is 18.3 Å². The van der Waals surface area contributed by atoms with E-state index >= 15 is 0 Å². The maximum Gasteiger partial charge on any atom is 0.246 e. The van der Waals surface area contributed by atoms with Crippen LogP contribution in [0.4, 0.5) is 23.3 Å². The summed E-state index contributed by atoms with van der Waals surface area (Å²) in [6, 6.07) is 7.89. The van der Waals surface area contributed by atoms with Gasteiger partial charge in [-0.2, -0.15) is 4.98 Å². The second-order valence-corrected chi connectivity index (χ2v) is 15.4. The Morgan fingerprint density at radius 1 is 1.11 bits per heavy atom. The van der Waals surface area contributed by atoms with Gasteiger partial charge in [0.25, 0.3) is 0 Å². The second kappa shape index (κ2) is 11.0. The normalized spacial score (nSPS) is 22.7. The summed E-state index contributed by atoms with van der Waals surface area (Å²) in [4.78, 5) is 32.7. The number of rotatable bonds is 8. The van der Waals surface area contributed by atoms with Gasteiger partial charge in [-0.15, -0.1) is 0 Å². The third-order valence-electron chi connectivity index (χ3n) is 9.66. The third-order valence-corrected chi connectivity index (χ3v) is 10.7. The van der Waals surface area contributed by atoms with Gasteiger partial charge < -0.3 is 25.1 Å². The molecular formula is C32H41N7O4S. The van der Waals surface area contributed by atoms with E-state index < -0.39 is 15.4 Å². The van der Waals surface area contributed by atoms with Crippen molar-refractivity contribution in [1.29, 1.82) is 0 Å². The summed E-state index contributed by atoms with van der Waals surface area (Å²) in [6.07, 6.45) is 8.38. The number of nitrogens with one attached hydrogen (secondary N) is 1. The quantitative estimate of drug-likeness (QED) is 0.359. The zero-order valence-electron chi connectivity index (χ0n) is 25.8. The molecule has 1 aromatic carbocycles. The summed E-state index contributed by atoms with van der Waals surface area (Å²) in [6.45, 7) is 12.4. The lowest BCUT2D eigenvalue weighted by atomic mass is 9.77. The zero-order valence-corrected chi connectivity index (χ0v) is 26.6. The lowest BCUT2D eigenvalue weighted by Crippen LogP contribution is -2.66. The van der Waals surface area contributed by atoms with E-state index in [-0.39, 0.29) is 29.2 Å². The van der Waals surface area contributed by atoms with E-state index in [0.29, 0.717) is 56.6 Å². The van der Waals surface area contributed by atoms with Crippen LogP contribution in [0, 0.1) is 5.92 Å². The number of pyridine rings is 1. The Morgan fingerprint density at radius 3 is 2.50 bits per heavy atom. The van der Waals surface area contributed by atoms with Crippen LogP contribution in [-0.4, -0.2) is 88.6 Å². The molecule has 3 aliphatic rings. The topological polar surface area (TPSA) is 132 Å². The molecule has 2 aromatic heterocycles. The molecule has 11 nitrogen and oxygen atoms in total.